The van der Waals surface area contributed by atoms with Crippen molar-refractivity contribution >= 4 is 32.5 Å². The third-order valence-corrected chi connectivity index (χ3v) is 4.97. The van der Waals surface area contributed by atoms with Gasteiger partial charge in [0.15, 0.2) is 0 Å². The number of aromatic amines is 1. The molecule has 0 atom stereocenters. The van der Waals surface area contributed by atoms with Crippen molar-refractivity contribution in [2.75, 3.05) is 0 Å². The molecular formula is C16H13ClN6O3S. The molecule has 0 bridgehead atoms. The van der Waals surface area contributed by atoms with Gasteiger partial charge in [0.05, 0.1) is 23.0 Å². The SMILES string of the molecule is Cc1nnc(-c2cc(-c3cnc(Cl)c(CS(N)(=O)=O)c3)cc3[nH]ncc23)o1. The van der Waals surface area contributed by atoms with E-state index in [0.717, 1.165) is 16.5 Å². The molecule has 0 fully saturated rings. The van der Waals surface area contributed by atoms with Gasteiger partial charge in [0.1, 0.15) is 5.15 Å². The second kappa shape index (κ2) is 6.41. The lowest BCUT2D eigenvalue weighted by Crippen LogP contribution is -2.15. The van der Waals surface area contributed by atoms with Gasteiger partial charge in [0.2, 0.25) is 21.8 Å². The van der Waals surface area contributed by atoms with E-state index in [4.69, 9.17) is 21.2 Å². The van der Waals surface area contributed by atoms with E-state index in [1.165, 1.54) is 0 Å². The number of nitrogens with two attached hydrogens (primary N) is 1. The molecule has 3 N–H and O–H groups in total. The lowest BCUT2D eigenvalue weighted by Gasteiger charge is -2.08. The predicted octanol–water partition coefficient (Wildman–Crippen LogP) is 2.43. The number of fused-ring (bicyclic) bond motifs is 1. The van der Waals surface area contributed by atoms with Crippen LogP contribution in [0.15, 0.2) is 35.0 Å². The van der Waals surface area contributed by atoms with Crippen LogP contribution < -0.4 is 5.14 Å². The van der Waals surface area contributed by atoms with Crippen molar-refractivity contribution < 1.29 is 12.8 Å². The van der Waals surface area contributed by atoms with Gasteiger partial charge in [-0.1, -0.05) is 11.6 Å². The summed E-state index contributed by atoms with van der Waals surface area (Å²) >= 11 is 6.02. The highest BCUT2D eigenvalue weighted by molar-refractivity contribution is 7.88. The average molecular weight is 405 g/mol. The maximum Gasteiger partial charge on any atom is 0.248 e. The lowest BCUT2D eigenvalue weighted by atomic mass is 10.0. The number of hydrogen-bond donors (Lipinski definition) is 2. The number of nitrogens with one attached hydrogen (secondary N) is 1. The van der Waals surface area contributed by atoms with E-state index < -0.39 is 15.8 Å². The first kappa shape index (κ1) is 17.6. The monoisotopic (exact) mass is 404 g/mol. The maximum absolute atomic E-state index is 11.4. The van der Waals surface area contributed by atoms with Crippen molar-refractivity contribution in [3.05, 3.63) is 47.2 Å². The summed E-state index contributed by atoms with van der Waals surface area (Å²) in [5.74, 6) is 0.386. The van der Waals surface area contributed by atoms with Gasteiger partial charge in [-0.15, -0.1) is 10.2 Å². The molecule has 0 saturated carbocycles. The van der Waals surface area contributed by atoms with Gasteiger partial charge in [-0.3, -0.25) is 5.10 Å². The van der Waals surface area contributed by atoms with Gasteiger partial charge in [0.25, 0.3) is 0 Å². The number of H-pyrrole nitrogens is 1. The van der Waals surface area contributed by atoms with Gasteiger partial charge in [-0.05, 0) is 23.8 Å². The zero-order valence-electron chi connectivity index (χ0n) is 14.0. The molecule has 11 heteroatoms. The van der Waals surface area contributed by atoms with Crippen molar-refractivity contribution in [3.63, 3.8) is 0 Å². The van der Waals surface area contributed by atoms with Crippen molar-refractivity contribution in [2.24, 2.45) is 5.14 Å². The predicted molar refractivity (Wildman–Crippen MR) is 99.2 cm³/mol. The Morgan fingerprint density at radius 2 is 2.00 bits per heavy atom. The molecule has 138 valence electrons. The van der Waals surface area contributed by atoms with Gasteiger partial charge >= 0.3 is 0 Å². The Labute approximate surface area is 158 Å². The summed E-state index contributed by atoms with van der Waals surface area (Å²) in [6, 6.07) is 5.34. The molecule has 27 heavy (non-hydrogen) atoms. The minimum absolute atomic E-state index is 0.0862. The third kappa shape index (κ3) is 3.54. The van der Waals surface area contributed by atoms with E-state index >= 15 is 0 Å². The summed E-state index contributed by atoms with van der Waals surface area (Å²) in [4.78, 5) is 4.08. The van der Waals surface area contributed by atoms with Crippen LogP contribution in [-0.4, -0.2) is 33.8 Å². The van der Waals surface area contributed by atoms with E-state index in [2.05, 4.69) is 25.4 Å². The molecule has 0 aliphatic rings. The maximum atomic E-state index is 11.4. The fraction of sp³-hybridized carbons (Fsp3) is 0.125. The van der Waals surface area contributed by atoms with Crippen LogP contribution in [0.2, 0.25) is 5.15 Å². The van der Waals surface area contributed by atoms with Gasteiger partial charge in [-0.25, -0.2) is 18.5 Å². The van der Waals surface area contributed by atoms with Crippen LogP contribution in [0.4, 0.5) is 0 Å². The Morgan fingerprint density at radius 1 is 1.19 bits per heavy atom. The smallest absolute Gasteiger partial charge is 0.248 e. The number of nitrogens with zero attached hydrogens (tertiary/aromatic N) is 4. The largest absolute Gasteiger partial charge is 0.421 e. The summed E-state index contributed by atoms with van der Waals surface area (Å²) in [5.41, 5.74) is 3.17. The molecular weight excluding hydrogens is 392 g/mol. The molecule has 9 nitrogen and oxygen atoms in total. The van der Waals surface area contributed by atoms with Crippen LogP contribution in [0, 0.1) is 6.92 Å². The Kier molecular flexibility index (Phi) is 4.17. The molecule has 0 spiro atoms. The third-order valence-electron chi connectivity index (χ3n) is 3.92. The summed E-state index contributed by atoms with van der Waals surface area (Å²) in [5, 5.41) is 20.9. The number of halogens is 1. The highest BCUT2D eigenvalue weighted by atomic mass is 35.5. The molecule has 0 unspecified atom stereocenters. The number of sulfonamides is 1. The zero-order valence-corrected chi connectivity index (χ0v) is 15.5. The fourth-order valence-electron chi connectivity index (χ4n) is 2.77. The van der Waals surface area contributed by atoms with Crippen LogP contribution in [-0.2, 0) is 15.8 Å². The lowest BCUT2D eigenvalue weighted by molar-refractivity contribution is 0.533. The van der Waals surface area contributed by atoms with E-state index in [-0.39, 0.29) is 5.15 Å². The Bertz CT molecular complexity index is 1260. The molecule has 0 aliphatic heterocycles. The fourth-order valence-corrected chi connectivity index (χ4v) is 3.67. The van der Waals surface area contributed by atoms with Crippen LogP contribution in [0.3, 0.4) is 0 Å². The summed E-state index contributed by atoms with van der Waals surface area (Å²) in [7, 11) is -3.75. The standard InChI is InChI=1S/C16H13ClN6O3S/c1-8-21-23-16(26-8)12-3-9(4-14-13(12)6-20-22-14)10-2-11(7-27(18,24)25)15(17)19-5-10/h2-6H,7H2,1H3,(H,20,22)(H2,18,24,25). The first-order valence-electron chi connectivity index (χ1n) is 7.73. The van der Waals surface area contributed by atoms with E-state index in [9.17, 15) is 8.42 Å². The van der Waals surface area contributed by atoms with Crippen molar-refractivity contribution in [1.29, 1.82) is 0 Å². The Hall–Kier alpha value is -2.82. The second-order valence-corrected chi connectivity index (χ2v) is 7.93. The average Bonchev–Trinajstić information content (AvgIpc) is 3.23. The molecule has 0 radical (unpaired) electrons. The number of hydrogen-bond acceptors (Lipinski definition) is 7. The number of rotatable bonds is 4. The van der Waals surface area contributed by atoms with E-state index in [0.29, 0.717) is 28.5 Å². The van der Waals surface area contributed by atoms with Gasteiger partial charge in [-0.2, -0.15) is 5.10 Å². The zero-order chi connectivity index (χ0) is 19.2. The number of benzene rings is 1. The summed E-state index contributed by atoms with van der Waals surface area (Å²) in [6.07, 6.45) is 3.22. The van der Waals surface area contributed by atoms with Crippen LogP contribution in [0.25, 0.3) is 33.5 Å². The topological polar surface area (TPSA) is 141 Å². The quantitative estimate of drug-likeness (QED) is 0.497. The van der Waals surface area contributed by atoms with Crippen LogP contribution in [0.5, 0.6) is 0 Å². The van der Waals surface area contributed by atoms with Crippen LogP contribution >= 0.6 is 11.6 Å². The summed E-state index contributed by atoms with van der Waals surface area (Å²) in [6.45, 7) is 1.70. The number of aromatic nitrogens is 5. The van der Waals surface area contributed by atoms with E-state index in [1.807, 2.05) is 12.1 Å². The highest BCUT2D eigenvalue weighted by Crippen LogP contribution is 2.33. The molecule has 1 aromatic carbocycles. The molecule has 0 aliphatic carbocycles. The van der Waals surface area contributed by atoms with Crippen molar-refractivity contribution in [2.45, 2.75) is 12.7 Å². The normalized spacial score (nSPS) is 12.0. The van der Waals surface area contributed by atoms with Gasteiger partial charge < -0.3 is 4.42 Å². The Balaban J connectivity index is 1.89. The van der Waals surface area contributed by atoms with Crippen molar-refractivity contribution in [1.82, 2.24) is 25.4 Å². The summed E-state index contributed by atoms with van der Waals surface area (Å²) < 4.78 is 28.4. The number of pyridine rings is 1. The van der Waals surface area contributed by atoms with Gasteiger partial charge in [0, 0.05) is 29.6 Å². The molecule has 0 amide bonds. The number of aryl methyl sites for hydroxylation is 1. The van der Waals surface area contributed by atoms with E-state index in [1.54, 1.807) is 25.4 Å². The highest BCUT2D eigenvalue weighted by Gasteiger charge is 2.16. The molecule has 0 saturated heterocycles. The molecule has 3 aromatic heterocycles. The second-order valence-electron chi connectivity index (χ2n) is 5.96. The Morgan fingerprint density at radius 3 is 2.70 bits per heavy atom. The minimum atomic E-state index is -3.75. The van der Waals surface area contributed by atoms with Crippen molar-refractivity contribution in [3.8, 4) is 22.6 Å². The molecule has 3 heterocycles. The molecule has 4 aromatic rings. The van der Waals surface area contributed by atoms with Crippen LogP contribution in [0.1, 0.15) is 11.5 Å². The first-order chi connectivity index (χ1) is 12.8. The number of primary sulfonamides is 1. The minimum Gasteiger partial charge on any atom is -0.421 e. The molecule has 4 rings (SSSR count). The first-order valence-corrected chi connectivity index (χ1v) is 9.82.